The van der Waals surface area contributed by atoms with Gasteiger partial charge in [0, 0.05) is 23.1 Å². The molecule has 0 amide bonds. The lowest BCUT2D eigenvalue weighted by Gasteiger charge is -2.22. The minimum absolute atomic E-state index is 0.00954. The minimum Gasteiger partial charge on any atom is -0.488 e. The highest BCUT2D eigenvalue weighted by atomic mass is 16.5. The fourth-order valence-electron chi connectivity index (χ4n) is 2.44. The van der Waals surface area contributed by atoms with E-state index >= 15 is 0 Å². The molecule has 2 aromatic rings. The smallest absolute Gasteiger partial charge is 0.193 e. The Morgan fingerprint density at radius 1 is 0.952 bits per heavy atom. The van der Waals surface area contributed by atoms with Crippen LogP contribution in [-0.2, 0) is 4.74 Å². The molecule has 0 radical (unpaired) electrons. The number of ketones is 1. The number of carbonyl (C=O) groups excluding carboxylic acids is 1. The Morgan fingerprint density at radius 2 is 1.57 bits per heavy atom. The fraction of sp³-hybridized carbons (Fsp3) is 0.105. The molecule has 0 bridgehead atoms. The Kier molecular flexibility index (Phi) is 3.69. The van der Waals surface area contributed by atoms with Crippen LogP contribution in [0.4, 0.5) is 0 Å². The van der Waals surface area contributed by atoms with Gasteiger partial charge in [-0.05, 0) is 5.57 Å². The van der Waals surface area contributed by atoms with Crippen molar-refractivity contribution < 1.29 is 9.53 Å². The van der Waals surface area contributed by atoms with E-state index in [1.165, 1.54) is 0 Å². The van der Waals surface area contributed by atoms with Crippen LogP contribution < -0.4 is 0 Å². The van der Waals surface area contributed by atoms with Crippen molar-refractivity contribution >= 4 is 11.5 Å². The average Bonchev–Trinajstić information content (AvgIpc) is 2.56. The van der Waals surface area contributed by atoms with Crippen LogP contribution in [0, 0.1) is 0 Å². The van der Waals surface area contributed by atoms with E-state index < -0.39 is 0 Å². The van der Waals surface area contributed by atoms with Gasteiger partial charge in [-0.25, -0.2) is 0 Å². The van der Waals surface area contributed by atoms with Gasteiger partial charge in [0.05, 0.1) is 0 Å². The monoisotopic (exact) mass is 276 g/mol. The molecule has 0 unspecified atom stereocenters. The lowest BCUT2D eigenvalue weighted by Crippen LogP contribution is -2.15. The quantitative estimate of drug-likeness (QED) is 0.618. The van der Waals surface area contributed by atoms with Crippen LogP contribution >= 0.6 is 0 Å². The zero-order valence-corrected chi connectivity index (χ0v) is 11.7. The maximum Gasteiger partial charge on any atom is 0.193 e. The Balaban J connectivity index is 2.07. The molecule has 1 aliphatic heterocycles. The van der Waals surface area contributed by atoms with Crippen molar-refractivity contribution in [2.75, 3.05) is 6.61 Å². The van der Waals surface area contributed by atoms with Crippen molar-refractivity contribution in [3.63, 3.8) is 0 Å². The number of benzene rings is 2. The molecule has 21 heavy (non-hydrogen) atoms. The van der Waals surface area contributed by atoms with Crippen LogP contribution in [0.2, 0.25) is 0 Å². The summed E-state index contributed by atoms with van der Waals surface area (Å²) in [6, 6.07) is 19.1. The first kappa shape index (κ1) is 13.4. The maximum atomic E-state index is 12.8. The highest BCUT2D eigenvalue weighted by molar-refractivity contribution is 6.13. The maximum absolute atomic E-state index is 12.8. The van der Waals surface area contributed by atoms with Gasteiger partial charge in [-0.1, -0.05) is 67.2 Å². The molecular formula is C19H16O2. The average molecular weight is 276 g/mol. The SMILES string of the molecule is C=C1COC(c2ccccc2)=C(C(=O)c2ccccc2)C1. The number of hydrogen-bond acceptors (Lipinski definition) is 2. The molecule has 0 aromatic heterocycles. The van der Waals surface area contributed by atoms with Gasteiger partial charge in [0.2, 0.25) is 0 Å². The second-order valence-electron chi connectivity index (χ2n) is 5.08. The predicted molar refractivity (Wildman–Crippen MR) is 83.8 cm³/mol. The number of carbonyl (C=O) groups is 1. The second-order valence-corrected chi connectivity index (χ2v) is 5.08. The summed E-state index contributed by atoms with van der Waals surface area (Å²) in [5, 5.41) is 0. The summed E-state index contributed by atoms with van der Waals surface area (Å²) in [5.41, 5.74) is 3.22. The Bertz CT molecular complexity index is 697. The molecule has 0 atom stereocenters. The van der Waals surface area contributed by atoms with Gasteiger partial charge in [0.1, 0.15) is 12.4 Å². The highest BCUT2D eigenvalue weighted by Crippen LogP contribution is 2.31. The van der Waals surface area contributed by atoms with Crippen LogP contribution in [0.3, 0.4) is 0 Å². The van der Waals surface area contributed by atoms with Crippen LogP contribution in [0.25, 0.3) is 5.76 Å². The third-order valence-corrected chi connectivity index (χ3v) is 3.47. The summed E-state index contributed by atoms with van der Waals surface area (Å²) in [5.74, 6) is 0.687. The van der Waals surface area contributed by atoms with Gasteiger partial charge in [-0.2, -0.15) is 0 Å². The van der Waals surface area contributed by atoms with Gasteiger partial charge >= 0.3 is 0 Å². The summed E-state index contributed by atoms with van der Waals surface area (Å²) in [6.45, 7) is 4.43. The molecule has 2 nitrogen and oxygen atoms in total. The predicted octanol–water partition coefficient (Wildman–Crippen LogP) is 4.26. The van der Waals surface area contributed by atoms with Crippen molar-refractivity contribution in [1.82, 2.24) is 0 Å². The summed E-state index contributed by atoms with van der Waals surface area (Å²) in [4.78, 5) is 12.8. The lowest BCUT2D eigenvalue weighted by molar-refractivity contribution is 0.102. The Hall–Kier alpha value is -2.61. The highest BCUT2D eigenvalue weighted by Gasteiger charge is 2.24. The van der Waals surface area contributed by atoms with Crippen LogP contribution in [0.15, 0.2) is 78.4 Å². The molecule has 3 rings (SSSR count). The fourth-order valence-corrected chi connectivity index (χ4v) is 2.44. The summed E-state index contributed by atoms with van der Waals surface area (Å²) < 4.78 is 5.79. The molecule has 0 saturated heterocycles. The normalized spacial score (nSPS) is 14.8. The molecular weight excluding hydrogens is 260 g/mol. The molecule has 0 aliphatic carbocycles. The number of hydrogen-bond donors (Lipinski definition) is 0. The Morgan fingerprint density at radius 3 is 2.24 bits per heavy atom. The van der Waals surface area contributed by atoms with E-state index in [0.717, 1.165) is 11.1 Å². The zero-order chi connectivity index (χ0) is 14.7. The zero-order valence-electron chi connectivity index (χ0n) is 11.7. The topological polar surface area (TPSA) is 26.3 Å². The van der Waals surface area contributed by atoms with E-state index in [1.807, 2.05) is 60.7 Å². The van der Waals surface area contributed by atoms with Crippen molar-refractivity contribution in [1.29, 1.82) is 0 Å². The van der Waals surface area contributed by atoms with Crippen molar-refractivity contribution in [2.24, 2.45) is 0 Å². The van der Waals surface area contributed by atoms with Crippen molar-refractivity contribution in [3.05, 3.63) is 89.5 Å². The molecule has 1 aliphatic rings. The number of Topliss-reactive ketones (excluding diaryl/α,β-unsaturated/α-hetero) is 1. The summed E-state index contributed by atoms with van der Waals surface area (Å²) in [7, 11) is 0. The number of ether oxygens (including phenoxy) is 1. The Labute approximate surface area is 124 Å². The number of allylic oxidation sites excluding steroid dienone is 1. The van der Waals surface area contributed by atoms with Crippen molar-refractivity contribution in [3.8, 4) is 0 Å². The molecule has 104 valence electrons. The molecule has 0 saturated carbocycles. The van der Waals surface area contributed by atoms with E-state index in [2.05, 4.69) is 6.58 Å². The van der Waals surface area contributed by atoms with Crippen LogP contribution in [-0.4, -0.2) is 12.4 Å². The van der Waals surface area contributed by atoms with Gasteiger partial charge in [0.15, 0.2) is 5.78 Å². The van der Waals surface area contributed by atoms with E-state index in [0.29, 0.717) is 29.9 Å². The van der Waals surface area contributed by atoms with Crippen LogP contribution in [0.1, 0.15) is 22.3 Å². The summed E-state index contributed by atoms with van der Waals surface area (Å²) >= 11 is 0. The van der Waals surface area contributed by atoms with Crippen LogP contribution in [0.5, 0.6) is 0 Å². The molecule has 2 heteroatoms. The van der Waals surface area contributed by atoms with Gasteiger partial charge in [0.25, 0.3) is 0 Å². The van der Waals surface area contributed by atoms with E-state index in [9.17, 15) is 4.79 Å². The third kappa shape index (κ3) is 2.79. The first-order valence-corrected chi connectivity index (χ1v) is 6.93. The molecule has 0 spiro atoms. The standard InChI is InChI=1S/C19H16O2/c1-14-12-17(18(20)15-8-4-2-5-9-15)19(21-13-14)16-10-6-3-7-11-16/h2-11H,1,12-13H2. The van der Waals surface area contributed by atoms with Gasteiger partial charge in [-0.15, -0.1) is 0 Å². The lowest BCUT2D eigenvalue weighted by atomic mass is 9.93. The molecule has 1 heterocycles. The van der Waals surface area contributed by atoms with E-state index in [4.69, 9.17) is 4.74 Å². The van der Waals surface area contributed by atoms with Gasteiger partial charge in [-0.3, -0.25) is 4.79 Å². The first-order chi connectivity index (χ1) is 10.3. The molecule has 0 N–H and O–H groups in total. The van der Waals surface area contributed by atoms with Crippen molar-refractivity contribution in [2.45, 2.75) is 6.42 Å². The largest absolute Gasteiger partial charge is 0.488 e. The van der Waals surface area contributed by atoms with E-state index in [1.54, 1.807) is 0 Å². The molecule has 2 aromatic carbocycles. The second kappa shape index (κ2) is 5.80. The first-order valence-electron chi connectivity index (χ1n) is 6.93. The number of rotatable bonds is 3. The summed E-state index contributed by atoms with van der Waals surface area (Å²) in [6.07, 6.45) is 0.567. The molecule has 0 fully saturated rings. The van der Waals surface area contributed by atoms with Gasteiger partial charge < -0.3 is 4.74 Å². The van der Waals surface area contributed by atoms with E-state index in [-0.39, 0.29) is 5.78 Å². The minimum atomic E-state index is 0.00954. The third-order valence-electron chi connectivity index (χ3n) is 3.47.